The van der Waals surface area contributed by atoms with Crippen LogP contribution in [0.15, 0.2) is 4.42 Å². The first kappa shape index (κ1) is 17.1. The van der Waals surface area contributed by atoms with E-state index in [1.807, 2.05) is 6.07 Å². The summed E-state index contributed by atoms with van der Waals surface area (Å²) in [5.41, 5.74) is 1.06. The van der Waals surface area contributed by atoms with Crippen molar-refractivity contribution in [2.75, 3.05) is 23.9 Å². The fraction of sp³-hybridized carbons (Fsp3) is 0.500. The number of anilines is 1. The van der Waals surface area contributed by atoms with Crippen molar-refractivity contribution >= 4 is 29.5 Å². The van der Waals surface area contributed by atoms with Gasteiger partial charge in [-0.2, -0.15) is 17.0 Å². The maximum absolute atomic E-state index is 11.8. The Morgan fingerprint density at radius 1 is 1.48 bits per heavy atom. The molecule has 1 aromatic heterocycles. The van der Waals surface area contributed by atoms with Gasteiger partial charge in [0.1, 0.15) is 17.4 Å². The molecule has 1 heterocycles. The smallest absolute Gasteiger partial charge is 0.309 e. The standard InChI is InChI=1S/C14H18N2O4S/c1-8(14(18)19-4)6-21-7-12(17)16-13-11(5-15)9(2)10(3)20-13/h8H,6-7H2,1-4H3,(H,16,17). The fourth-order valence-electron chi connectivity index (χ4n) is 1.61. The maximum Gasteiger partial charge on any atom is 0.309 e. The summed E-state index contributed by atoms with van der Waals surface area (Å²) in [5.74, 6) is 0.602. The molecule has 1 amide bonds. The number of esters is 1. The normalized spacial score (nSPS) is 11.6. The van der Waals surface area contributed by atoms with Crippen LogP contribution in [-0.4, -0.2) is 30.5 Å². The molecular weight excluding hydrogens is 292 g/mol. The van der Waals surface area contributed by atoms with Crippen LogP contribution in [0.5, 0.6) is 0 Å². The third-order valence-corrected chi connectivity index (χ3v) is 4.16. The Labute approximate surface area is 127 Å². The number of nitrogens with one attached hydrogen (secondary N) is 1. The van der Waals surface area contributed by atoms with E-state index in [1.54, 1.807) is 20.8 Å². The van der Waals surface area contributed by atoms with Gasteiger partial charge in [-0.15, -0.1) is 0 Å². The average molecular weight is 310 g/mol. The molecule has 1 unspecified atom stereocenters. The van der Waals surface area contributed by atoms with Crippen molar-refractivity contribution in [1.29, 1.82) is 5.26 Å². The van der Waals surface area contributed by atoms with E-state index >= 15 is 0 Å². The summed E-state index contributed by atoms with van der Waals surface area (Å²) >= 11 is 1.32. The van der Waals surface area contributed by atoms with Crippen molar-refractivity contribution in [3.63, 3.8) is 0 Å². The summed E-state index contributed by atoms with van der Waals surface area (Å²) in [6, 6.07) is 2.01. The summed E-state index contributed by atoms with van der Waals surface area (Å²) in [6.45, 7) is 5.24. The highest BCUT2D eigenvalue weighted by Gasteiger charge is 2.17. The van der Waals surface area contributed by atoms with E-state index in [4.69, 9.17) is 9.68 Å². The van der Waals surface area contributed by atoms with Crippen LogP contribution in [0.25, 0.3) is 0 Å². The lowest BCUT2D eigenvalue weighted by molar-refractivity contribution is -0.144. The van der Waals surface area contributed by atoms with Crippen molar-refractivity contribution in [1.82, 2.24) is 0 Å². The van der Waals surface area contributed by atoms with Gasteiger partial charge in [0.2, 0.25) is 11.8 Å². The van der Waals surface area contributed by atoms with Gasteiger partial charge in [0.05, 0.1) is 18.8 Å². The molecule has 0 aromatic carbocycles. The van der Waals surface area contributed by atoms with E-state index in [2.05, 4.69) is 10.1 Å². The number of thioether (sulfide) groups is 1. The molecule has 1 rings (SSSR count). The maximum atomic E-state index is 11.8. The Hall–Kier alpha value is -1.94. The summed E-state index contributed by atoms with van der Waals surface area (Å²) in [7, 11) is 1.33. The number of rotatable bonds is 6. The molecule has 1 aromatic rings. The molecule has 7 heteroatoms. The fourth-order valence-corrected chi connectivity index (χ4v) is 2.48. The molecule has 0 bridgehead atoms. The second-order valence-corrected chi connectivity index (χ2v) is 5.62. The van der Waals surface area contributed by atoms with Crippen LogP contribution in [0.3, 0.4) is 0 Å². The van der Waals surface area contributed by atoms with Gasteiger partial charge in [-0.3, -0.25) is 14.9 Å². The van der Waals surface area contributed by atoms with Crippen molar-refractivity contribution < 1.29 is 18.7 Å². The number of carbonyl (C=O) groups is 2. The van der Waals surface area contributed by atoms with Crippen molar-refractivity contribution in [2.24, 2.45) is 5.92 Å². The predicted octanol–water partition coefficient (Wildman–Crippen LogP) is 2.25. The number of hydrogen-bond acceptors (Lipinski definition) is 6. The molecule has 0 radical (unpaired) electrons. The van der Waals surface area contributed by atoms with Crippen molar-refractivity contribution in [3.8, 4) is 6.07 Å². The number of methoxy groups -OCH3 is 1. The highest BCUT2D eigenvalue weighted by molar-refractivity contribution is 8.00. The van der Waals surface area contributed by atoms with E-state index in [9.17, 15) is 9.59 Å². The van der Waals surface area contributed by atoms with Gasteiger partial charge in [-0.1, -0.05) is 6.92 Å². The lowest BCUT2D eigenvalue weighted by Gasteiger charge is -2.08. The number of nitriles is 1. The Morgan fingerprint density at radius 3 is 2.71 bits per heavy atom. The van der Waals surface area contributed by atoms with Gasteiger partial charge in [0, 0.05) is 11.3 Å². The van der Waals surface area contributed by atoms with E-state index in [1.165, 1.54) is 18.9 Å². The number of ether oxygens (including phenoxy) is 1. The van der Waals surface area contributed by atoms with Crippen LogP contribution in [-0.2, 0) is 14.3 Å². The zero-order valence-electron chi connectivity index (χ0n) is 12.5. The number of nitrogens with zero attached hydrogens (tertiary/aromatic N) is 1. The lowest BCUT2D eigenvalue weighted by Crippen LogP contribution is -2.18. The summed E-state index contributed by atoms with van der Waals surface area (Å²) in [4.78, 5) is 23.0. The molecule has 0 aliphatic heterocycles. The number of amides is 1. The second-order valence-electron chi connectivity index (χ2n) is 4.59. The Balaban J connectivity index is 2.50. The third-order valence-electron chi connectivity index (χ3n) is 2.95. The summed E-state index contributed by atoms with van der Waals surface area (Å²) < 4.78 is 9.96. The number of aryl methyl sites for hydroxylation is 1. The Bertz CT molecular complexity index is 574. The van der Waals surface area contributed by atoms with Gasteiger partial charge in [0.25, 0.3) is 0 Å². The molecule has 0 aliphatic rings. The quantitative estimate of drug-likeness (QED) is 0.810. The Morgan fingerprint density at radius 2 is 2.14 bits per heavy atom. The van der Waals surface area contributed by atoms with Gasteiger partial charge < -0.3 is 9.15 Å². The van der Waals surface area contributed by atoms with Gasteiger partial charge in [-0.25, -0.2) is 0 Å². The number of furan rings is 1. The SMILES string of the molecule is COC(=O)C(C)CSCC(=O)Nc1oc(C)c(C)c1C#N. The molecule has 6 nitrogen and oxygen atoms in total. The van der Waals surface area contributed by atoms with E-state index in [0.717, 1.165) is 5.56 Å². The summed E-state index contributed by atoms with van der Waals surface area (Å²) in [5, 5.41) is 11.6. The van der Waals surface area contributed by atoms with Crippen LogP contribution < -0.4 is 5.32 Å². The molecule has 1 atom stereocenters. The largest absolute Gasteiger partial charge is 0.469 e. The average Bonchev–Trinajstić information content (AvgIpc) is 2.72. The van der Waals surface area contributed by atoms with E-state index < -0.39 is 0 Å². The van der Waals surface area contributed by atoms with Crippen LogP contribution in [0.4, 0.5) is 5.88 Å². The molecular formula is C14H18N2O4S. The zero-order chi connectivity index (χ0) is 16.0. The van der Waals surface area contributed by atoms with Crippen molar-refractivity contribution in [3.05, 3.63) is 16.9 Å². The summed E-state index contributed by atoms with van der Waals surface area (Å²) in [6.07, 6.45) is 0. The minimum Gasteiger partial charge on any atom is -0.469 e. The molecule has 0 fully saturated rings. The molecule has 1 N–H and O–H groups in total. The lowest BCUT2D eigenvalue weighted by atomic mass is 10.2. The van der Waals surface area contributed by atoms with Gasteiger partial charge in [0.15, 0.2) is 0 Å². The van der Waals surface area contributed by atoms with Crippen LogP contribution in [0, 0.1) is 31.1 Å². The molecule has 0 spiro atoms. The Kier molecular flexibility index (Phi) is 6.31. The van der Waals surface area contributed by atoms with E-state index in [0.29, 0.717) is 17.1 Å². The highest BCUT2D eigenvalue weighted by atomic mass is 32.2. The first-order valence-corrected chi connectivity index (χ1v) is 7.51. The van der Waals surface area contributed by atoms with Crippen LogP contribution in [0.1, 0.15) is 23.8 Å². The van der Waals surface area contributed by atoms with Gasteiger partial charge >= 0.3 is 5.97 Å². The topological polar surface area (TPSA) is 92.3 Å². The number of carbonyl (C=O) groups excluding carboxylic acids is 2. The molecule has 114 valence electrons. The first-order valence-electron chi connectivity index (χ1n) is 6.36. The van der Waals surface area contributed by atoms with Crippen LogP contribution >= 0.6 is 11.8 Å². The minimum absolute atomic E-state index is 0.172. The molecule has 0 aliphatic carbocycles. The zero-order valence-corrected chi connectivity index (χ0v) is 13.3. The second kappa shape index (κ2) is 7.74. The monoisotopic (exact) mass is 310 g/mol. The van der Waals surface area contributed by atoms with Crippen LogP contribution in [0.2, 0.25) is 0 Å². The van der Waals surface area contributed by atoms with Gasteiger partial charge in [-0.05, 0) is 13.8 Å². The van der Waals surface area contributed by atoms with Crippen molar-refractivity contribution in [2.45, 2.75) is 20.8 Å². The molecule has 21 heavy (non-hydrogen) atoms. The molecule has 0 saturated heterocycles. The molecule has 0 saturated carbocycles. The van der Waals surface area contributed by atoms with E-state index in [-0.39, 0.29) is 29.4 Å². The predicted molar refractivity (Wildman–Crippen MR) is 80.0 cm³/mol. The first-order chi connectivity index (χ1) is 9.90. The number of hydrogen-bond donors (Lipinski definition) is 1. The minimum atomic E-state index is -0.299. The third kappa shape index (κ3) is 4.53. The highest BCUT2D eigenvalue weighted by Crippen LogP contribution is 2.25.